The maximum Gasteiger partial charge on any atom is 0.269 e. The molecule has 0 saturated heterocycles. The molecule has 2 rings (SSSR count). The Morgan fingerprint density at radius 2 is 2.10 bits per heavy atom. The summed E-state index contributed by atoms with van der Waals surface area (Å²) in [6.45, 7) is 0. The third-order valence-electron chi connectivity index (χ3n) is 2.57. The molecule has 1 amide bonds. The van der Waals surface area contributed by atoms with Gasteiger partial charge < -0.3 is 10.1 Å². The van der Waals surface area contributed by atoms with Crippen LogP contribution in [0.5, 0.6) is 5.75 Å². The molecule has 0 aliphatic heterocycles. The lowest BCUT2D eigenvalue weighted by Gasteiger charge is -2.08. The summed E-state index contributed by atoms with van der Waals surface area (Å²) in [5, 5.41) is 8.91. The molecule has 0 unspecified atom stereocenters. The summed E-state index contributed by atoms with van der Waals surface area (Å²) >= 11 is 1.11. The SMILES string of the molecule is COc1ccsc1C(=O)Nc1cc(S(N)(=O)=O)ccc1F. The first-order valence-electron chi connectivity index (χ1n) is 5.58. The summed E-state index contributed by atoms with van der Waals surface area (Å²) in [7, 11) is -2.58. The summed E-state index contributed by atoms with van der Waals surface area (Å²) < 4.78 is 41.1. The standard InChI is InChI=1S/C12H11FN2O4S2/c1-19-10-4-5-20-11(10)12(16)15-9-6-7(21(14,17)18)2-3-8(9)13/h2-6H,1H3,(H,15,16)(H2,14,17,18). The van der Waals surface area contributed by atoms with Gasteiger partial charge in [0.2, 0.25) is 10.0 Å². The Hall–Kier alpha value is -1.97. The van der Waals surface area contributed by atoms with E-state index in [2.05, 4.69) is 5.32 Å². The Morgan fingerprint density at radius 3 is 2.71 bits per heavy atom. The van der Waals surface area contributed by atoms with Crippen LogP contribution in [0.4, 0.5) is 10.1 Å². The first-order chi connectivity index (χ1) is 9.82. The van der Waals surface area contributed by atoms with Crippen molar-refractivity contribution in [2.45, 2.75) is 4.90 Å². The largest absolute Gasteiger partial charge is 0.495 e. The van der Waals surface area contributed by atoms with Crippen LogP contribution in [0.15, 0.2) is 34.5 Å². The topological polar surface area (TPSA) is 98.5 Å². The average Bonchev–Trinajstić information content (AvgIpc) is 2.88. The van der Waals surface area contributed by atoms with Gasteiger partial charge in [-0.1, -0.05) is 0 Å². The van der Waals surface area contributed by atoms with Gasteiger partial charge in [-0.15, -0.1) is 11.3 Å². The maximum atomic E-state index is 13.7. The van der Waals surface area contributed by atoms with Crippen molar-refractivity contribution < 1.29 is 22.3 Å². The summed E-state index contributed by atoms with van der Waals surface area (Å²) in [6, 6.07) is 4.49. The number of nitrogens with two attached hydrogens (primary N) is 1. The summed E-state index contributed by atoms with van der Waals surface area (Å²) in [6.07, 6.45) is 0. The van der Waals surface area contributed by atoms with E-state index in [1.54, 1.807) is 11.4 Å². The molecule has 2 aromatic rings. The fourth-order valence-electron chi connectivity index (χ4n) is 1.58. The molecule has 0 bridgehead atoms. The number of carbonyl (C=O) groups is 1. The number of carbonyl (C=O) groups excluding carboxylic acids is 1. The number of methoxy groups -OCH3 is 1. The molecule has 0 atom stereocenters. The lowest BCUT2D eigenvalue weighted by atomic mass is 10.3. The van der Waals surface area contributed by atoms with E-state index in [9.17, 15) is 17.6 Å². The average molecular weight is 330 g/mol. The monoisotopic (exact) mass is 330 g/mol. The minimum atomic E-state index is -3.98. The highest BCUT2D eigenvalue weighted by molar-refractivity contribution is 7.89. The zero-order valence-electron chi connectivity index (χ0n) is 10.8. The van der Waals surface area contributed by atoms with E-state index in [1.807, 2.05) is 0 Å². The first kappa shape index (κ1) is 15.4. The van der Waals surface area contributed by atoms with Crippen molar-refractivity contribution in [3.05, 3.63) is 40.3 Å². The number of hydrogen-bond donors (Lipinski definition) is 2. The Bertz CT molecular complexity index is 786. The highest BCUT2D eigenvalue weighted by Crippen LogP contribution is 2.26. The molecule has 0 aliphatic rings. The predicted molar refractivity (Wildman–Crippen MR) is 76.6 cm³/mol. The van der Waals surface area contributed by atoms with Gasteiger partial charge >= 0.3 is 0 Å². The number of nitrogens with one attached hydrogen (secondary N) is 1. The third kappa shape index (κ3) is 3.38. The molecule has 1 aromatic carbocycles. The number of benzene rings is 1. The van der Waals surface area contributed by atoms with Crippen LogP contribution in [0.3, 0.4) is 0 Å². The summed E-state index contributed by atoms with van der Waals surface area (Å²) in [4.78, 5) is 12.0. The van der Waals surface area contributed by atoms with Crippen LogP contribution in [-0.4, -0.2) is 21.4 Å². The number of halogens is 1. The molecule has 21 heavy (non-hydrogen) atoms. The number of hydrogen-bond acceptors (Lipinski definition) is 5. The van der Waals surface area contributed by atoms with Crippen LogP contribution in [0.1, 0.15) is 9.67 Å². The van der Waals surface area contributed by atoms with Gasteiger partial charge in [-0.05, 0) is 29.6 Å². The zero-order chi connectivity index (χ0) is 15.6. The molecule has 0 radical (unpaired) electrons. The van der Waals surface area contributed by atoms with E-state index in [-0.39, 0.29) is 15.5 Å². The van der Waals surface area contributed by atoms with Crippen molar-refractivity contribution >= 4 is 33.0 Å². The van der Waals surface area contributed by atoms with Crippen LogP contribution in [0, 0.1) is 5.82 Å². The highest BCUT2D eigenvalue weighted by Gasteiger charge is 2.17. The number of ether oxygens (including phenoxy) is 1. The van der Waals surface area contributed by atoms with Gasteiger partial charge in [-0.2, -0.15) is 0 Å². The molecule has 0 saturated carbocycles. The molecular weight excluding hydrogens is 319 g/mol. The van der Waals surface area contributed by atoms with Crippen molar-refractivity contribution in [1.82, 2.24) is 0 Å². The molecule has 9 heteroatoms. The number of sulfonamides is 1. The van der Waals surface area contributed by atoms with Crippen LogP contribution in [0.2, 0.25) is 0 Å². The van der Waals surface area contributed by atoms with E-state index < -0.39 is 21.7 Å². The van der Waals surface area contributed by atoms with Gasteiger partial charge in [0, 0.05) is 0 Å². The smallest absolute Gasteiger partial charge is 0.269 e. The Balaban J connectivity index is 2.33. The fourth-order valence-corrected chi connectivity index (χ4v) is 2.87. The van der Waals surface area contributed by atoms with E-state index in [0.29, 0.717) is 5.75 Å². The molecule has 1 aromatic heterocycles. The lowest BCUT2D eigenvalue weighted by molar-refractivity contribution is 0.102. The number of thiophene rings is 1. The van der Waals surface area contributed by atoms with Gasteiger partial charge in [0.1, 0.15) is 16.4 Å². The van der Waals surface area contributed by atoms with Gasteiger partial charge in [0.05, 0.1) is 17.7 Å². The quantitative estimate of drug-likeness (QED) is 0.893. The molecule has 1 heterocycles. The van der Waals surface area contributed by atoms with Gasteiger partial charge in [-0.3, -0.25) is 4.79 Å². The van der Waals surface area contributed by atoms with Crippen molar-refractivity contribution in [1.29, 1.82) is 0 Å². The van der Waals surface area contributed by atoms with Crippen molar-refractivity contribution in [3.63, 3.8) is 0 Å². The van der Waals surface area contributed by atoms with Crippen molar-refractivity contribution in [3.8, 4) is 5.75 Å². The Labute approximate surface area is 124 Å². The molecule has 0 aliphatic carbocycles. The Kier molecular flexibility index (Phi) is 4.26. The van der Waals surface area contributed by atoms with E-state index >= 15 is 0 Å². The molecular formula is C12H11FN2O4S2. The first-order valence-corrected chi connectivity index (χ1v) is 8.00. The summed E-state index contributed by atoms with van der Waals surface area (Å²) in [5.41, 5.74) is -0.276. The molecule has 0 spiro atoms. The molecule has 6 nitrogen and oxygen atoms in total. The van der Waals surface area contributed by atoms with Crippen LogP contribution in [0.25, 0.3) is 0 Å². The Morgan fingerprint density at radius 1 is 1.38 bits per heavy atom. The second-order valence-electron chi connectivity index (χ2n) is 3.96. The molecule has 112 valence electrons. The number of anilines is 1. The van der Waals surface area contributed by atoms with Gasteiger partial charge in [0.25, 0.3) is 5.91 Å². The number of primary sulfonamides is 1. The van der Waals surface area contributed by atoms with E-state index in [0.717, 1.165) is 29.5 Å². The van der Waals surface area contributed by atoms with E-state index in [4.69, 9.17) is 9.88 Å². The van der Waals surface area contributed by atoms with E-state index in [1.165, 1.54) is 7.11 Å². The van der Waals surface area contributed by atoms with Crippen LogP contribution >= 0.6 is 11.3 Å². The highest BCUT2D eigenvalue weighted by atomic mass is 32.2. The van der Waals surface area contributed by atoms with Gasteiger partial charge in [0.15, 0.2) is 0 Å². The van der Waals surface area contributed by atoms with Gasteiger partial charge in [-0.25, -0.2) is 17.9 Å². The minimum Gasteiger partial charge on any atom is -0.495 e. The van der Waals surface area contributed by atoms with Crippen molar-refractivity contribution in [2.24, 2.45) is 5.14 Å². The minimum absolute atomic E-state index is 0.248. The number of amides is 1. The number of rotatable bonds is 4. The zero-order valence-corrected chi connectivity index (χ0v) is 12.4. The third-order valence-corrected chi connectivity index (χ3v) is 4.38. The molecule has 0 fully saturated rings. The van der Waals surface area contributed by atoms with Crippen LogP contribution in [-0.2, 0) is 10.0 Å². The van der Waals surface area contributed by atoms with Crippen LogP contribution < -0.4 is 15.2 Å². The maximum absolute atomic E-state index is 13.7. The lowest BCUT2D eigenvalue weighted by Crippen LogP contribution is -2.15. The predicted octanol–water partition coefficient (Wildman–Crippen LogP) is 1.80. The van der Waals surface area contributed by atoms with Crippen molar-refractivity contribution in [2.75, 3.05) is 12.4 Å². The fraction of sp³-hybridized carbons (Fsp3) is 0.0833. The second-order valence-corrected chi connectivity index (χ2v) is 6.44. The second kappa shape index (κ2) is 5.80. The normalized spacial score (nSPS) is 11.2. The molecule has 3 N–H and O–H groups in total. The summed E-state index contributed by atoms with van der Waals surface area (Å²) in [5.74, 6) is -1.03.